The number of rotatable bonds is 4. The second-order valence-corrected chi connectivity index (χ2v) is 9.36. The van der Waals surface area contributed by atoms with E-state index in [-0.39, 0.29) is 5.91 Å². The van der Waals surface area contributed by atoms with E-state index in [1.165, 1.54) is 32.2 Å². The van der Waals surface area contributed by atoms with Gasteiger partial charge in [-0.2, -0.15) is 5.26 Å². The van der Waals surface area contributed by atoms with Crippen molar-refractivity contribution in [2.75, 3.05) is 18.4 Å². The summed E-state index contributed by atoms with van der Waals surface area (Å²) in [6.07, 6.45) is 5.97. The molecule has 0 aromatic carbocycles. The molecule has 0 fully saturated rings. The molecule has 26 heavy (non-hydrogen) atoms. The molecule has 2 aromatic rings. The van der Waals surface area contributed by atoms with Crippen molar-refractivity contribution in [3.8, 4) is 6.07 Å². The minimum absolute atomic E-state index is 0.0379. The summed E-state index contributed by atoms with van der Waals surface area (Å²) in [4.78, 5) is 16.8. The van der Waals surface area contributed by atoms with E-state index in [1.807, 2.05) is 11.3 Å². The highest BCUT2D eigenvalue weighted by atomic mass is 32.1. The van der Waals surface area contributed by atoms with Crippen LogP contribution in [0.5, 0.6) is 0 Å². The van der Waals surface area contributed by atoms with Crippen LogP contribution in [0.2, 0.25) is 0 Å². The maximum absolute atomic E-state index is 12.5. The summed E-state index contributed by atoms with van der Waals surface area (Å²) in [5.74, 6) is 0.0379. The molecular formula is C20H24N3OS2+. The van der Waals surface area contributed by atoms with Gasteiger partial charge in [0.25, 0.3) is 0 Å². The van der Waals surface area contributed by atoms with Crippen molar-refractivity contribution >= 4 is 33.6 Å². The second-order valence-electron chi connectivity index (χ2n) is 7.25. The summed E-state index contributed by atoms with van der Waals surface area (Å²) in [7, 11) is 0. The topological polar surface area (TPSA) is 57.3 Å². The second kappa shape index (κ2) is 7.51. The molecule has 0 bridgehead atoms. The number of nitrogens with zero attached hydrogens (tertiary/aromatic N) is 1. The summed E-state index contributed by atoms with van der Waals surface area (Å²) >= 11 is 3.46. The smallest absolute Gasteiger partial charge is 0.230 e. The number of nitrogens with one attached hydrogen (secondary N) is 2. The predicted octanol–water partition coefficient (Wildman–Crippen LogP) is 3.09. The minimum atomic E-state index is 0.0379. The lowest BCUT2D eigenvalue weighted by molar-refractivity contribution is -0.931. The zero-order chi connectivity index (χ0) is 18.1. The van der Waals surface area contributed by atoms with Crippen molar-refractivity contribution in [2.45, 2.75) is 51.5 Å². The molecule has 0 spiro atoms. The van der Waals surface area contributed by atoms with Gasteiger partial charge in [-0.1, -0.05) is 0 Å². The first-order valence-electron chi connectivity index (χ1n) is 9.42. The number of carbonyl (C=O) groups excluding carboxylic acids is 1. The van der Waals surface area contributed by atoms with Crippen LogP contribution in [0.4, 0.5) is 5.00 Å². The van der Waals surface area contributed by atoms with E-state index >= 15 is 0 Å². The van der Waals surface area contributed by atoms with Crippen LogP contribution in [0.15, 0.2) is 11.4 Å². The average molecular weight is 387 g/mol. The van der Waals surface area contributed by atoms with Gasteiger partial charge in [0.15, 0.2) is 0 Å². The molecule has 0 saturated carbocycles. The van der Waals surface area contributed by atoms with Crippen molar-refractivity contribution in [1.82, 2.24) is 0 Å². The third-order valence-electron chi connectivity index (χ3n) is 5.74. The summed E-state index contributed by atoms with van der Waals surface area (Å²) in [5, 5.41) is 15.5. The Labute approximate surface area is 162 Å². The number of fused-ring (bicyclic) bond motifs is 2. The van der Waals surface area contributed by atoms with Crippen LogP contribution in [0.3, 0.4) is 0 Å². The van der Waals surface area contributed by atoms with E-state index in [9.17, 15) is 10.1 Å². The first-order valence-corrected chi connectivity index (χ1v) is 11.1. The lowest BCUT2D eigenvalue weighted by Gasteiger charge is -2.30. The maximum atomic E-state index is 12.5. The largest absolute Gasteiger partial charge is 0.328 e. The molecule has 4 nitrogen and oxygen atoms in total. The van der Waals surface area contributed by atoms with Crippen LogP contribution in [0, 0.1) is 11.3 Å². The Morgan fingerprint density at radius 1 is 1.35 bits per heavy atom. The van der Waals surface area contributed by atoms with Crippen LogP contribution >= 0.6 is 22.7 Å². The molecule has 0 radical (unpaired) electrons. The third-order valence-corrected chi connectivity index (χ3v) is 7.94. The van der Waals surface area contributed by atoms with E-state index < -0.39 is 0 Å². The number of amides is 1. The number of nitriles is 1. The zero-order valence-electron chi connectivity index (χ0n) is 15.1. The molecule has 1 unspecified atom stereocenters. The van der Waals surface area contributed by atoms with Gasteiger partial charge in [0.2, 0.25) is 5.91 Å². The van der Waals surface area contributed by atoms with E-state index in [4.69, 9.17) is 0 Å². The molecular weight excluding hydrogens is 362 g/mol. The molecule has 2 N–H and O–H groups in total. The van der Waals surface area contributed by atoms with Crippen molar-refractivity contribution in [3.05, 3.63) is 37.9 Å². The Morgan fingerprint density at radius 3 is 3.04 bits per heavy atom. The lowest BCUT2D eigenvalue weighted by Crippen LogP contribution is -3.13. The molecule has 6 heteroatoms. The summed E-state index contributed by atoms with van der Waals surface area (Å²) in [6, 6.07) is 5.02. The van der Waals surface area contributed by atoms with Gasteiger partial charge in [-0.15, -0.1) is 22.7 Å². The normalized spacial score (nSPS) is 21.5. The van der Waals surface area contributed by atoms with Gasteiger partial charge in [-0.05, 0) is 49.6 Å². The Hall–Kier alpha value is -1.68. The molecule has 3 heterocycles. The van der Waals surface area contributed by atoms with Crippen molar-refractivity contribution < 1.29 is 9.69 Å². The van der Waals surface area contributed by atoms with Gasteiger partial charge >= 0.3 is 0 Å². The fraction of sp³-hybridized carbons (Fsp3) is 0.500. The van der Waals surface area contributed by atoms with Gasteiger partial charge in [0.1, 0.15) is 17.1 Å². The van der Waals surface area contributed by atoms with Crippen LogP contribution in [0.1, 0.15) is 58.7 Å². The van der Waals surface area contributed by atoms with Crippen LogP contribution < -0.4 is 10.2 Å². The molecule has 0 saturated heterocycles. The first kappa shape index (κ1) is 17.7. The maximum Gasteiger partial charge on any atom is 0.230 e. The van der Waals surface area contributed by atoms with Gasteiger partial charge in [0, 0.05) is 21.7 Å². The highest BCUT2D eigenvalue weighted by molar-refractivity contribution is 7.16. The Balaban J connectivity index is 1.38. The SMILES string of the molecule is C[C@@H]1c2ccsc2CC[NH+]1CCC(=O)Nc1sc2c(c1C#N)CCCC2. The van der Waals surface area contributed by atoms with Crippen LogP contribution in [-0.2, 0) is 24.1 Å². The van der Waals surface area contributed by atoms with Gasteiger partial charge in [0.05, 0.1) is 25.1 Å². The number of thiophene rings is 2. The number of hydrogen-bond acceptors (Lipinski definition) is 4. The third kappa shape index (κ3) is 3.32. The monoisotopic (exact) mass is 386 g/mol. The van der Waals surface area contributed by atoms with E-state index in [2.05, 4.69) is 29.8 Å². The molecule has 1 aliphatic heterocycles. The Bertz CT molecular complexity index is 861. The molecule has 2 aromatic heterocycles. The van der Waals surface area contributed by atoms with Gasteiger partial charge < -0.3 is 10.2 Å². The van der Waals surface area contributed by atoms with E-state index in [0.717, 1.165) is 43.8 Å². The molecule has 136 valence electrons. The van der Waals surface area contributed by atoms with Gasteiger partial charge in [-0.25, -0.2) is 0 Å². The number of anilines is 1. The Kier molecular flexibility index (Phi) is 5.12. The molecule has 2 atom stereocenters. The first-order chi connectivity index (χ1) is 12.7. The number of aryl methyl sites for hydroxylation is 1. The molecule has 4 rings (SSSR count). The summed E-state index contributed by atoms with van der Waals surface area (Å²) < 4.78 is 0. The van der Waals surface area contributed by atoms with Crippen LogP contribution in [-0.4, -0.2) is 19.0 Å². The number of hydrogen-bond donors (Lipinski definition) is 2. The minimum Gasteiger partial charge on any atom is -0.328 e. The summed E-state index contributed by atoms with van der Waals surface area (Å²) in [5.41, 5.74) is 3.34. The molecule has 1 aliphatic carbocycles. The quantitative estimate of drug-likeness (QED) is 0.848. The lowest BCUT2D eigenvalue weighted by atomic mass is 9.96. The number of quaternary nitrogens is 1. The highest BCUT2D eigenvalue weighted by Gasteiger charge is 2.28. The van der Waals surface area contributed by atoms with Gasteiger partial charge in [-0.3, -0.25) is 4.79 Å². The van der Waals surface area contributed by atoms with E-state index in [1.54, 1.807) is 11.3 Å². The zero-order valence-corrected chi connectivity index (χ0v) is 16.7. The fourth-order valence-corrected chi connectivity index (χ4v) is 6.46. The van der Waals surface area contributed by atoms with E-state index in [0.29, 0.717) is 18.0 Å². The van der Waals surface area contributed by atoms with Crippen molar-refractivity contribution in [3.63, 3.8) is 0 Å². The fourth-order valence-electron chi connectivity index (χ4n) is 4.23. The Morgan fingerprint density at radius 2 is 2.19 bits per heavy atom. The standard InChI is InChI=1S/C20H23N3OS2/c1-13-14-8-11-25-17(14)6-9-23(13)10-7-19(24)22-20-16(12-21)15-4-2-3-5-18(15)26-20/h8,11,13H,2-7,9-10H2,1H3,(H,22,24)/p+1/t13-/m1/s1. The molecule has 1 amide bonds. The van der Waals surface area contributed by atoms with Crippen molar-refractivity contribution in [1.29, 1.82) is 5.26 Å². The number of carbonyl (C=O) groups is 1. The highest BCUT2D eigenvalue weighted by Crippen LogP contribution is 2.37. The average Bonchev–Trinajstić information content (AvgIpc) is 3.25. The molecule has 2 aliphatic rings. The predicted molar refractivity (Wildman–Crippen MR) is 106 cm³/mol. The van der Waals surface area contributed by atoms with Crippen LogP contribution in [0.25, 0.3) is 0 Å². The van der Waals surface area contributed by atoms with Crippen molar-refractivity contribution in [2.24, 2.45) is 0 Å². The summed E-state index contributed by atoms with van der Waals surface area (Å²) in [6.45, 7) is 4.20.